The Bertz CT molecular complexity index is 1080. The molecule has 0 atom stereocenters. The summed E-state index contributed by atoms with van der Waals surface area (Å²) in [7, 11) is -2.23. The van der Waals surface area contributed by atoms with Crippen molar-refractivity contribution in [2.75, 3.05) is 25.0 Å². The second-order valence-electron chi connectivity index (χ2n) is 5.78. The molecule has 0 fully saturated rings. The normalized spacial score (nSPS) is 13.4. The van der Waals surface area contributed by atoms with E-state index in [1.54, 1.807) is 49.6 Å². The van der Waals surface area contributed by atoms with Gasteiger partial charge in [-0.25, -0.2) is 8.42 Å². The van der Waals surface area contributed by atoms with Crippen LogP contribution in [0.2, 0.25) is 0 Å². The van der Waals surface area contributed by atoms with Gasteiger partial charge in [0.1, 0.15) is 19.0 Å². The van der Waals surface area contributed by atoms with Gasteiger partial charge in [-0.05, 0) is 24.3 Å². The minimum Gasteiger partial charge on any atom is -0.496 e. The smallest absolute Gasteiger partial charge is 0.262 e. The fraction of sp³-hybridized carbons (Fsp3) is 0.158. The van der Waals surface area contributed by atoms with Crippen LogP contribution in [0.3, 0.4) is 0 Å². The van der Waals surface area contributed by atoms with Gasteiger partial charge in [0.2, 0.25) is 0 Å². The van der Waals surface area contributed by atoms with Crippen molar-refractivity contribution >= 4 is 26.5 Å². The lowest BCUT2D eigenvalue weighted by molar-refractivity contribution is 0.171. The fourth-order valence-electron chi connectivity index (χ4n) is 2.97. The molecule has 1 N–H and O–H groups in total. The topological polar surface area (TPSA) is 73.9 Å². The van der Waals surface area contributed by atoms with Crippen LogP contribution in [-0.2, 0) is 10.0 Å². The number of ether oxygens (including phenoxy) is 3. The van der Waals surface area contributed by atoms with E-state index in [1.165, 1.54) is 0 Å². The molecule has 134 valence electrons. The second-order valence-corrected chi connectivity index (χ2v) is 7.43. The van der Waals surface area contributed by atoms with Crippen molar-refractivity contribution in [3.8, 4) is 17.2 Å². The number of hydrogen-bond acceptors (Lipinski definition) is 5. The number of rotatable bonds is 4. The highest BCUT2D eigenvalue weighted by Gasteiger charge is 2.20. The van der Waals surface area contributed by atoms with Gasteiger partial charge in [0, 0.05) is 16.8 Å². The Balaban J connectivity index is 1.75. The van der Waals surface area contributed by atoms with Crippen LogP contribution in [0.1, 0.15) is 0 Å². The maximum Gasteiger partial charge on any atom is 0.262 e. The quantitative estimate of drug-likeness (QED) is 0.761. The van der Waals surface area contributed by atoms with Crippen molar-refractivity contribution in [3.63, 3.8) is 0 Å². The highest BCUT2D eigenvalue weighted by Crippen LogP contribution is 2.35. The summed E-state index contributed by atoms with van der Waals surface area (Å²) in [6, 6.07) is 15.4. The van der Waals surface area contributed by atoms with E-state index in [-0.39, 0.29) is 4.90 Å². The van der Waals surface area contributed by atoms with Crippen LogP contribution in [-0.4, -0.2) is 28.7 Å². The summed E-state index contributed by atoms with van der Waals surface area (Å²) in [6.45, 7) is 0.919. The second kappa shape index (κ2) is 6.42. The first kappa shape index (κ1) is 16.5. The average molecular weight is 371 g/mol. The van der Waals surface area contributed by atoms with Gasteiger partial charge in [-0.2, -0.15) is 0 Å². The maximum absolute atomic E-state index is 13.0. The Labute approximate surface area is 151 Å². The van der Waals surface area contributed by atoms with Crippen LogP contribution >= 0.6 is 0 Å². The number of methoxy groups -OCH3 is 1. The molecule has 0 spiro atoms. The molecule has 0 saturated heterocycles. The lowest BCUT2D eigenvalue weighted by Crippen LogP contribution is -2.17. The van der Waals surface area contributed by atoms with E-state index in [0.717, 1.165) is 5.39 Å². The first-order chi connectivity index (χ1) is 12.6. The Morgan fingerprint density at radius 2 is 1.65 bits per heavy atom. The van der Waals surface area contributed by atoms with E-state index in [4.69, 9.17) is 14.2 Å². The first-order valence-corrected chi connectivity index (χ1v) is 9.55. The van der Waals surface area contributed by atoms with E-state index in [1.807, 2.05) is 12.1 Å². The Hall–Kier alpha value is -2.93. The lowest BCUT2D eigenvalue weighted by Gasteiger charge is -2.19. The van der Waals surface area contributed by atoms with Crippen molar-refractivity contribution in [1.82, 2.24) is 0 Å². The zero-order valence-electron chi connectivity index (χ0n) is 14.1. The van der Waals surface area contributed by atoms with E-state index in [0.29, 0.717) is 41.5 Å². The van der Waals surface area contributed by atoms with Crippen LogP contribution < -0.4 is 18.9 Å². The molecule has 0 bridgehead atoms. The van der Waals surface area contributed by atoms with Crippen molar-refractivity contribution in [2.24, 2.45) is 0 Å². The number of benzene rings is 3. The minimum atomic E-state index is -3.79. The van der Waals surface area contributed by atoms with E-state index < -0.39 is 10.0 Å². The number of sulfonamides is 1. The molecule has 3 aromatic carbocycles. The predicted octanol–water partition coefficient (Wildman–Crippen LogP) is 3.42. The van der Waals surface area contributed by atoms with Gasteiger partial charge in [-0.1, -0.05) is 24.3 Å². The van der Waals surface area contributed by atoms with E-state index in [2.05, 4.69) is 4.72 Å². The van der Waals surface area contributed by atoms with Crippen LogP contribution in [0.25, 0.3) is 10.8 Å². The number of nitrogens with one attached hydrogen (secondary N) is 1. The molecule has 0 amide bonds. The average Bonchev–Trinajstić information content (AvgIpc) is 2.66. The van der Waals surface area contributed by atoms with Gasteiger partial charge >= 0.3 is 0 Å². The summed E-state index contributed by atoms with van der Waals surface area (Å²) in [4.78, 5) is 0.184. The van der Waals surface area contributed by atoms with Crippen molar-refractivity contribution < 1.29 is 22.6 Å². The number of anilines is 1. The van der Waals surface area contributed by atoms with E-state index in [9.17, 15) is 8.42 Å². The Morgan fingerprint density at radius 3 is 2.42 bits per heavy atom. The molecule has 7 heteroatoms. The van der Waals surface area contributed by atoms with Crippen LogP contribution in [0, 0.1) is 0 Å². The van der Waals surface area contributed by atoms with Crippen molar-refractivity contribution in [3.05, 3.63) is 54.6 Å². The summed E-state index contributed by atoms with van der Waals surface area (Å²) in [5.41, 5.74) is 0.411. The van der Waals surface area contributed by atoms with Gasteiger partial charge in [0.05, 0.1) is 17.7 Å². The molecular weight excluding hydrogens is 354 g/mol. The largest absolute Gasteiger partial charge is 0.496 e. The first-order valence-electron chi connectivity index (χ1n) is 8.07. The third-order valence-corrected chi connectivity index (χ3v) is 5.59. The van der Waals surface area contributed by atoms with Crippen molar-refractivity contribution in [2.45, 2.75) is 4.90 Å². The molecule has 0 aromatic heterocycles. The summed E-state index contributed by atoms with van der Waals surface area (Å²) in [6.07, 6.45) is 0. The van der Waals surface area contributed by atoms with Gasteiger partial charge in [0.25, 0.3) is 10.0 Å². The molecular formula is C19H17NO5S. The Morgan fingerprint density at radius 1 is 0.923 bits per heavy atom. The van der Waals surface area contributed by atoms with E-state index >= 15 is 0 Å². The van der Waals surface area contributed by atoms with Crippen LogP contribution in [0.15, 0.2) is 59.5 Å². The summed E-state index contributed by atoms with van der Waals surface area (Å²) in [5.74, 6) is 1.75. The standard InChI is InChI=1S/C19H17NO5S/c1-23-16-8-9-19(15-5-3-2-4-14(15)16)26(21,22)20-13-6-7-17-18(12-13)25-11-10-24-17/h2-9,12,20H,10-11H2,1H3. The maximum atomic E-state index is 13.0. The number of hydrogen-bond donors (Lipinski definition) is 1. The molecule has 6 nitrogen and oxygen atoms in total. The van der Waals surface area contributed by atoms with Crippen LogP contribution in [0.4, 0.5) is 5.69 Å². The van der Waals surface area contributed by atoms with Crippen LogP contribution in [0.5, 0.6) is 17.2 Å². The molecule has 4 rings (SSSR count). The fourth-order valence-corrected chi connectivity index (χ4v) is 4.24. The highest BCUT2D eigenvalue weighted by molar-refractivity contribution is 7.93. The lowest BCUT2D eigenvalue weighted by atomic mass is 10.1. The molecule has 0 unspecified atom stereocenters. The minimum absolute atomic E-state index is 0.184. The third-order valence-electron chi connectivity index (χ3n) is 4.15. The zero-order chi connectivity index (χ0) is 18.1. The molecule has 1 heterocycles. The van der Waals surface area contributed by atoms with Gasteiger partial charge in [-0.15, -0.1) is 0 Å². The van der Waals surface area contributed by atoms with Gasteiger partial charge in [-0.3, -0.25) is 4.72 Å². The SMILES string of the molecule is COc1ccc(S(=O)(=O)Nc2ccc3c(c2)OCCO3)c2ccccc12. The third kappa shape index (κ3) is 2.90. The highest BCUT2D eigenvalue weighted by atomic mass is 32.2. The molecule has 3 aromatic rings. The molecule has 0 saturated carbocycles. The van der Waals surface area contributed by atoms with Crippen molar-refractivity contribution in [1.29, 1.82) is 0 Å². The molecule has 0 radical (unpaired) electrons. The molecule has 1 aliphatic heterocycles. The number of fused-ring (bicyclic) bond motifs is 2. The summed E-state index contributed by atoms with van der Waals surface area (Å²) in [5, 5.41) is 1.33. The zero-order valence-corrected chi connectivity index (χ0v) is 14.9. The summed E-state index contributed by atoms with van der Waals surface area (Å²) >= 11 is 0. The monoisotopic (exact) mass is 371 g/mol. The molecule has 1 aliphatic rings. The Kier molecular flexibility index (Phi) is 4.08. The molecule has 0 aliphatic carbocycles. The summed E-state index contributed by atoms with van der Waals surface area (Å²) < 4.78 is 44.8. The molecule has 26 heavy (non-hydrogen) atoms. The predicted molar refractivity (Wildman–Crippen MR) is 98.7 cm³/mol. The van der Waals surface area contributed by atoms with Gasteiger partial charge in [0.15, 0.2) is 11.5 Å². The van der Waals surface area contributed by atoms with Gasteiger partial charge < -0.3 is 14.2 Å².